The van der Waals surface area contributed by atoms with Crippen LogP contribution in [0.2, 0.25) is 5.02 Å². The monoisotopic (exact) mass is 276 g/mol. The van der Waals surface area contributed by atoms with Gasteiger partial charge in [-0.25, -0.2) is 0 Å². The van der Waals surface area contributed by atoms with Crippen LogP contribution >= 0.6 is 11.6 Å². The Bertz CT molecular complexity index is 584. The first-order valence-corrected chi connectivity index (χ1v) is 6.27. The van der Waals surface area contributed by atoms with E-state index in [0.29, 0.717) is 11.6 Å². The van der Waals surface area contributed by atoms with Crippen molar-refractivity contribution in [1.82, 2.24) is 0 Å². The lowest BCUT2D eigenvalue weighted by Gasteiger charge is -2.23. The lowest BCUT2D eigenvalue weighted by Crippen LogP contribution is -2.15. The number of anilines is 2. The quantitative estimate of drug-likeness (QED) is 0.614. The van der Waals surface area contributed by atoms with Crippen LogP contribution in [0.3, 0.4) is 0 Å². The maximum absolute atomic E-state index is 10.8. The first kappa shape index (κ1) is 13.4. The van der Waals surface area contributed by atoms with Crippen LogP contribution in [-0.2, 0) is 0 Å². The molecule has 0 saturated heterocycles. The molecule has 0 radical (unpaired) electrons. The molecule has 2 rings (SSSR count). The highest BCUT2D eigenvalue weighted by molar-refractivity contribution is 6.30. The Balaban J connectivity index is 2.39. The Hall–Kier alpha value is -2.07. The standard InChI is InChI=1S/C14H13ClN2O2/c1-2-16(12-8-6-11(15)7-9-12)13-4-3-5-14(10-13)17(18)19/h3-10H,2H2,1H3. The van der Waals surface area contributed by atoms with Gasteiger partial charge in [-0.15, -0.1) is 0 Å². The van der Waals surface area contributed by atoms with E-state index in [1.54, 1.807) is 24.3 Å². The van der Waals surface area contributed by atoms with Crippen LogP contribution in [0.4, 0.5) is 17.1 Å². The smallest absolute Gasteiger partial charge is 0.271 e. The third-order valence-corrected chi connectivity index (χ3v) is 3.06. The predicted molar refractivity (Wildman–Crippen MR) is 77.2 cm³/mol. The van der Waals surface area contributed by atoms with Crippen LogP contribution in [0, 0.1) is 10.1 Å². The van der Waals surface area contributed by atoms with Gasteiger partial charge in [-0.3, -0.25) is 10.1 Å². The first-order chi connectivity index (χ1) is 9.11. The van der Waals surface area contributed by atoms with Crippen LogP contribution in [0.25, 0.3) is 0 Å². The number of nitro benzene ring substituents is 1. The van der Waals surface area contributed by atoms with Gasteiger partial charge in [0, 0.05) is 35.1 Å². The maximum Gasteiger partial charge on any atom is 0.271 e. The molecule has 0 unspecified atom stereocenters. The van der Waals surface area contributed by atoms with E-state index in [0.717, 1.165) is 11.4 Å². The second-order valence-electron chi connectivity index (χ2n) is 4.00. The van der Waals surface area contributed by atoms with E-state index in [-0.39, 0.29) is 10.6 Å². The molecular formula is C14H13ClN2O2. The van der Waals surface area contributed by atoms with Gasteiger partial charge in [0.15, 0.2) is 0 Å². The highest BCUT2D eigenvalue weighted by Crippen LogP contribution is 2.28. The Morgan fingerprint density at radius 1 is 1.16 bits per heavy atom. The molecule has 0 fully saturated rings. The molecule has 0 N–H and O–H groups in total. The molecule has 0 heterocycles. The van der Waals surface area contributed by atoms with E-state index in [9.17, 15) is 10.1 Å². The molecule has 0 aromatic heterocycles. The zero-order valence-electron chi connectivity index (χ0n) is 10.4. The van der Waals surface area contributed by atoms with Gasteiger partial charge in [-0.05, 0) is 37.3 Å². The Kier molecular flexibility index (Phi) is 4.02. The zero-order valence-corrected chi connectivity index (χ0v) is 11.2. The molecule has 0 aliphatic carbocycles. The summed E-state index contributed by atoms with van der Waals surface area (Å²) < 4.78 is 0. The molecule has 2 aromatic carbocycles. The molecule has 0 amide bonds. The van der Waals surface area contributed by atoms with E-state index in [1.807, 2.05) is 30.0 Å². The van der Waals surface area contributed by atoms with Crippen molar-refractivity contribution in [2.75, 3.05) is 11.4 Å². The first-order valence-electron chi connectivity index (χ1n) is 5.89. The minimum atomic E-state index is -0.390. The summed E-state index contributed by atoms with van der Waals surface area (Å²) in [6, 6.07) is 14.0. The summed E-state index contributed by atoms with van der Waals surface area (Å²) >= 11 is 5.86. The second-order valence-corrected chi connectivity index (χ2v) is 4.43. The number of nitro groups is 1. The Morgan fingerprint density at radius 3 is 2.42 bits per heavy atom. The number of hydrogen-bond acceptors (Lipinski definition) is 3. The summed E-state index contributed by atoms with van der Waals surface area (Å²) in [7, 11) is 0. The van der Waals surface area contributed by atoms with Crippen molar-refractivity contribution in [3.8, 4) is 0 Å². The summed E-state index contributed by atoms with van der Waals surface area (Å²) in [6.07, 6.45) is 0. The van der Waals surface area contributed by atoms with Gasteiger partial charge >= 0.3 is 0 Å². The van der Waals surface area contributed by atoms with Crippen LogP contribution < -0.4 is 4.90 Å². The summed E-state index contributed by atoms with van der Waals surface area (Å²) in [5.41, 5.74) is 1.83. The molecule has 2 aromatic rings. The summed E-state index contributed by atoms with van der Waals surface area (Å²) in [5, 5.41) is 11.5. The highest BCUT2D eigenvalue weighted by Gasteiger charge is 2.11. The summed E-state index contributed by atoms with van der Waals surface area (Å²) in [6.45, 7) is 2.70. The van der Waals surface area contributed by atoms with Crippen molar-refractivity contribution in [2.24, 2.45) is 0 Å². The molecule has 0 saturated carbocycles. The van der Waals surface area contributed by atoms with Crippen LogP contribution in [0.15, 0.2) is 48.5 Å². The number of rotatable bonds is 4. The summed E-state index contributed by atoms with van der Waals surface area (Å²) in [5.74, 6) is 0. The zero-order chi connectivity index (χ0) is 13.8. The van der Waals surface area contributed by atoms with E-state index in [1.165, 1.54) is 6.07 Å². The third kappa shape index (κ3) is 3.03. The lowest BCUT2D eigenvalue weighted by molar-refractivity contribution is -0.384. The van der Waals surface area contributed by atoms with Gasteiger partial charge in [-0.2, -0.15) is 0 Å². The fourth-order valence-electron chi connectivity index (χ4n) is 1.91. The topological polar surface area (TPSA) is 46.4 Å². The molecule has 0 spiro atoms. The molecule has 0 aliphatic rings. The molecule has 5 heteroatoms. The fraction of sp³-hybridized carbons (Fsp3) is 0.143. The van der Waals surface area contributed by atoms with Crippen LogP contribution in [0.1, 0.15) is 6.92 Å². The van der Waals surface area contributed by atoms with E-state index < -0.39 is 0 Å². The van der Waals surface area contributed by atoms with E-state index in [2.05, 4.69) is 0 Å². The number of nitrogens with zero attached hydrogens (tertiary/aromatic N) is 2. The van der Waals surface area contributed by atoms with Crippen molar-refractivity contribution in [2.45, 2.75) is 6.92 Å². The summed E-state index contributed by atoms with van der Waals surface area (Å²) in [4.78, 5) is 12.4. The Morgan fingerprint density at radius 2 is 1.84 bits per heavy atom. The van der Waals surface area contributed by atoms with Gasteiger partial charge in [0.2, 0.25) is 0 Å². The van der Waals surface area contributed by atoms with Gasteiger partial charge in [-0.1, -0.05) is 17.7 Å². The third-order valence-electron chi connectivity index (χ3n) is 2.81. The van der Waals surface area contributed by atoms with E-state index in [4.69, 9.17) is 11.6 Å². The highest BCUT2D eigenvalue weighted by atomic mass is 35.5. The average Bonchev–Trinajstić information content (AvgIpc) is 2.42. The predicted octanol–water partition coefficient (Wildman–Crippen LogP) is 4.41. The minimum absolute atomic E-state index is 0.0879. The SMILES string of the molecule is CCN(c1ccc(Cl)cc1)c1cccc([N+](=O)[O-])c1. The minimum Gasteiger partial charge on any atom is -0.342 e. The van der Waals surface area contributed by atoms with Crippen molar-refractivity contribution in [3.63, 3.8) is 0 Å². The normalized spacial score (nSPS) is 10.2. The molecule has 0 bridgehead atoms. The molecule has 0 atom stereocenters. The molecule has 98 valence electrons. The molecule has 0 aliphatic heterocycles. The van der Waals surface area contributed by atoms with Crippen molar-refractivity contribution in [1.29, 1.82) is 0 Å². The van der Waals surface area contributed by atoms with Crippen molar-refractivity contribution < 1.29 is 4.92 Å². The molecule has 19 heavy (non-hydrogen) atoms. The molecule has 4 nitrogen and oxygen atoms in total. The van der Waals surface area contributed by atoms with Gasteiger partial charge in [0.1, 0.15) is 0 Å². The number of halogens is 1. The fourth-order valence-corrected chi connectivity index (χ4v) is 2.04. The van der Waals surface area contributed by atoms with Gasteiger partial charge < -0.3 is 4.90 Å². The number of non-ortho nitro benzene ring substituents is 1. The number of hydrogen-bond donors (Lipinski definition) is 0. The van der Waals surface area contributed by atoms with E-state index >= 15 is 0 Å². The second kappa shape index (κ2) is 5.71. The molecular weight excluding hydrogens is 264 g/mol. The van der Waals surface area contributed by atoms with Crippen molar-refractivity contribution >= 4 is 28.7 Å². The average molecular weight is 277 g/mol. The van der Waals surface area contributed by atoms with Gasteiger partial charge in [0.05, 0.1) is 4.92 Å². The van der Waals surface area contributed by atoms with Gasteiger partial charge in [0.25, 0.3) is 5.69 Å². The van der Waals surface area contributed by atoms with Crippen LogP contribution in [-0.4, -0.2) is 11.5 Å². The number of benzene rings is 2. The lowest BCUT2D eigenvalue weighted by atomic mass is 10.2. The Labute approximate surface area is 116 Å². The van der Waals surface area contributed by atoms with Crippen LogP contribution in [0.5, 0.6) is 0 Å². The maximum atomic E-state index is 10.8. The largest absolute Gasteiger partial charge is 0.342 e. The van der Waals surface area contributed by atoms with Crippen molar-refractivity contribution in [3.05, 3.63) is 63.7 Å².